The fraction of sp³-hybridized carbons (Fsp3) is 0.818. The second-order valence-corrected chi connectivity index (χ2v) is 31.6. The lowest BCUT2D eigenvalue weighted by molar-refractivity contribution is 0.120. The molecule has 4 N–H and O–H groups in total. The van der Waals surface area contributed by atoms with Crippen LogP contribution in [0.5, 0.6) is 0 Å². The number of hydrogen-bond donors (Lipinski definition) is 4. The van der Waals surface area contributed by atoms with Gasteiger partial charge in [-0.1, -0.05) is 164 Å². The molecule has 0 aromatic heterocycles. The molecule has 2 atom stereocenters. The van der Waals surface area contributed by atoms with Gasteiger partial charge in [0.2, 0.25) is 0 Å². The Morgan fingerprint density at radius 3 is 0.900 bits per heavy atom. The van der Waals surface area contributed by atoms with Crippen molar-refractivity contribution in [2.75, 3.05) is 26.4 Å². The van der Waals surface area contributed by atoms with Gasteiger partial charge in [0.05, 0.1) is 0 Å². The van der Waals surface area contributed by atoms with Crippen molar-refractivity contribution in [3.63, 3.8) is 0 Å². The van der Waals surface area contributed by atoms with Crippen molar-refractivity contribution in [2.24, 2.45) is 32.5 Å². The predicted octanol–water partition coefficient (Wildman–Crippen LogP) is 17.1. The quantitative estimate of drug-likeness (QED) is 0.0757. The van der Waals surface area contributed by atoms with Crippen LogP contribution in [-0.4, -0.2) is 46.9 Å². The summed E-state index contributed by atoms with van der Waals surface area (Å²) in [5, 5.41) is 37.4. The SMILES string of the molecule is CC(C)(CCCO)CC(C)(C)c1cc(C(C)(C)C)cc(C(C)(C)CC(C)(C)CCCO)c1.Cc1c2c(c(C)c3c1C(C)(CC(C)(C)CC(C)(C)CCCO)C3)C(C)(CC(C)(C)CC(C)(C)CCCO)C2. The average molecular weight is 974 g/mol. The van der Waals surface area contributed by atoms with Crippen LogP contribution in [0.4, 0.5) is 0 Å². The van der Waals surface area contributed by atoms with Crippen LogP contribution in [0.15, 0.2) is 18.2 Å². The van der Waals surface area contributed by atoms with Gasteiger partial charge >= 0.3 is 0 Å². The second kappa shape index (κ2) is 22.6. The first-order chi connectivity index (χ1) is 31.6. The van der Waals surface area contributed by atoms with Gasteiger partial charge in [0, 0.05) is 26.4 Å². The van der Waals surface area contributed by atoms with Crippen LogP contribution in [0.25, 0.3) is 0 Å². The Balaban J connectivity index is 0.000000377. The van der Waals surface area contributed by atoms with E-state index in [1.54, 1.807) is 33.4 Å². The van der Waals surface area contributed by atoms with Gasteiger partial charge in [-0.15, -0.1) is 0 Å². The third-order valence-electron chi connectivity index (χ3n) is 17.5. The molecular weight excluding hydrogens is 857 g/mol. The minimum absolute atomic E-state index is 0.0530. The fourth-order valence-corrected chi connectivity index (χ4v) is 16.1. The van der Waals surface area contributed by atoms with E-state index >= 15 is 0 Å². The van der Waals surface area contributed by atoms with Crippen LogP contribution < -0.4 is 0 Å². The van der Waals surface area contributed by atoms with Crippen LogP contribution in [0, 0.1) is 46.3 Å². The fourth-order valence-electron chi connectivity index (χ4n) is 16.1. The lowest BCUT2D eigenvalue weighted by Crippen LogP contribution is -2.48. The molecule has 4 nitrogen and oxygen atoms in total. The van der Waals surface area contributed by atoms with Gasteiger partial charge in [-0.3, -0.25) is 0 Å². The molecule has 0 bridgehead atoms. The average Bonchev–Trinajstić information content (AvgIpc) is 3.16. The molecule has 2 aliphatic rings. The summed E-state index contributed by atoms with van der Waals surface area (Å²) in [5.74, 6) is 0. The Labute approximate surface area is 434 Å². The highest BCUT2D eigenvalue weighted by molar-refractivity contribution is 5.65. The zero-order valence-electron chi connectivity index (χ0n) is 50.7. The maximum Gasteiger partial charge on any atom is 0.0431 e. The minimum atomic E-state index is 0.0530. The molecule has 0 aliphatic heterocycles. The Hall–Kier alpha value is -1.72. The molecule has 0 amide bonds. The third kappa shape index (κ3) is 16.6. The Bertz CT molecular complexity index is 1860. The summed E-state index contributed by atoms with van der Waals surface area (Å²) in [4.78, 5) is 0. The standard InChI is InChI=1S/C36H62O2.C30H54O2/c1-25-27-19-36(12,24-34(9,10)22-32(5,6)16-14-18-38)30(27)26(2)28-20-35(11,29(25)28)23-33(7,8)21-31(3,4)15-13-17-37;1-26(2,3)23-18-24(29(8,9)21-27(4,5)14-12-16-31)20-25(19-23)30(10,11)22-28(6,7)15-13-17-32/h37-38H,13-24H2,1-12H3;18-20,31-32H,12-17,21-22H2,1-11H3. The van der Waals surface area contributed by atoms with Crippen molar-refractivity contribution in [1.29, 1.82) is 0 Å². The number of hydrogen-bond acceptors (Lipinski definition) is 4. The highest BCUT2D eigenvalue weighted by atomic mass is 16.3. The molecular formula is C66H116O4. The number of aliphatic hydroxyl groups is 4. The maximum absolute atomic E-state index is 9.35. The van der Waals surface area contributed by atoms with Crippen molar-refractivity contribution in [1.82, 2.24) is 0 Å². The molecule has 4 heteroatoms. The van der Waals surface area contributed by atoms with E-state index in [2.05, 4.69) is 177 Å². The predicted molar refractivity (Wildman–Crippen MR) is 305 cm³/mol. The maximum atomic E-state index is 9.35. The lowest BCUT2D eigenvalue weighted by atomic mass is 9.49. The van der Waals surface area contributed by atoms with E-state index in [-0.39, 0.29) is 72.8 Å². The first-order valence-corrected chi connectivity index (χ1v) is 28.3. The molecule has 0 spiro atoms. The smallest absolute Gasteiger partial charge is 0.0431 e. The Kier molecular flexibility index (Phi) is 20.2. The molecule has 0 heterocycles. The Morgan fingerprint density at radius 2 is 0.643 bits per heavy atom. The summed E-state index contributed by atoms with van der Waals surface area (Å²) in [6, 6.07) is 7.36. The topological polar surface area (TPSA) is 80.9 Å². The first kappa shape index (κ1) is 62.6. The molecule has 2 aliphatic carbocycles. The van der Waals surface area contributed by atoms with Gasteiger partial charge in [0.1, 0.15) is 0 Å². The van der Waals surface area contributed by atoms with Crippen molar-refractivity contribution in [2.45, 2.75) is 289 Å². The van der Waals surface area contributed by atoms with Gasteiger partial charge in [0.15, 0.2) is 0 Å². The van der Waals surface area contributed by atoms with E-state index in [0.717, 1.165) is 64.2 Å². The van der Waals surface area contributed by atoms with Crippen LogP contribution in [0.3, 0.4) is 0 Å². The molecule has 0 fully saturated rings. The highest BCUT2D eigenvalue weighted by Gasteiger charge is 2.52. The van der Waals surface area contributed by atoms with Gasteiger partial charge in [-0.25, -0.2) is 0 Å². The highest BCUT2D eigenvalue weighted by Crippen LogP contribution is 2.60. The van der Waals surface area contributed by atoms with Crippen LogP contribution in [0.1, 0.15) is 285 Å². The van der Waals surface area contributed by atoms with Crippen molar-refractivity contribution < 1.29 is 20.4 Å². The van der Waals surface area contributed by atoms with Crippen LogP contribution in [0.2, 0.25) is 0 Å². The van der Waals surface area contributed by atoms with E-state index in [1.807, 2.05) is 0 Å². The van der Waals surface area contributed by atoms with Gasteiger partial charge in [0.25, 0.3) is 0 Å². The van der Waals surface area contributed by atoms with E-state index < -0.39 is 0 Å². The zero-order chi connectivity index (χ0) is 54.0. The molecule has 2 aromatic rings. The second-order valence-electron chi connectivity index (χ2n) is 31.6. The molecule has 2 unspecified atom stereocenters. The summed E-state index contributed by atoms with van der Waals surface area (Å²) in [6.45, 7) is 56.3. The summed E-state index contributed by atoms with van der Waals surface area (Å²) < 4.78 is 0. The van der Waals surface area contributed by atoms with E-state index in [9.17, 15) is 20.4 Å². The minimum Gasteiger partial charge on any atom is -0.396 e. The first-order valence-electron chi connectivity index (χ1n) is 28.3. The van der Waals surface area contributed by atoms with Crippen molar-refractivity contribution in [3.8, 4) is 0 Å². The van der Waals surface area contributed by atoms with Gasteiger partial charge in [-0.2, -0.15) is 0 Å². The van der Waals surface area contributed by atoms with Crippen molar-refractivity contribution >= 4 is 0 Å². The number of rotatable bonds is 26. The third-order valence-corrected chi connectivity index (χ3v) is 17.5. The molecule has 0 saturated heterocycles. The summed E-state index contributed by atoms with van der Waals surface area (Å²) >= 11 is 0. The Morgan fingerprint density at radius 1 is 0.386 bits per heavy atom. The normalized spacial score (nSPS) is 19.2. The zero-order valence-corrected chi connectivity index (χ0v) is 50.7. The summed E-state index contributed by atoms with van der Waals surface area (Å²) in [7, 11) is 0. The number of fused-ring (bicyclic) bond motifs is 2. The van der Waals surface area contributed by atoms with Crippen molar-refractivity contribution in [3.05, 3.63) is 68.3 Å². The molecule has 4 rings (SSSR count). The molecule has 2 aromatic carbocycles. The van der Waals surface area contributed by atoms with E-state index in [1.165, 1.54) is 55.2 Å². The molecule has 70 heavy (non-hydrogen) atoms. The van der Waals surface area contributed by atoms with E-state index in [4.69, 9.17) is 0 Å². The van der Waals surface area contributed by atoms with Gasteiger partial charge in [-0.05, 0) is 226 Å². The monoisotopic (exact) mass is 973 g/mol. The molecule has 404 valence electrons. The largest absolute Gasteiger partial charge is 0.396 e. The number of aliphatic hydroxyl groups excluding tert-OH is 4. The summed E-state index contributed by atoms with van der Waals surface area (Å²) in [5.41, 5.74) is 16.4. The number of benzene rings is 2. The molecule has 0 saturated carbocycles. The molecule has 0 radical (unpaired) electrons. The lowest BCUT2D eigenvalue weighted by Gasteiger charge is -2.55. The van der Waals surface area contributed by atoms with Crippen LogP contribution >= 0.6 is 0 Å². The van der Waals surface area contributed by atoms with E-state index in [0.29, 0.717) is 13.2 Å². The van der Waals surface area contributed by atoms with Crippen LogP contribution in [-0.2, 0) is 39.9 Å². The summed E-state index contributed by atoms with van der Waals surface area (Å²) in [6.07, 6.45) is 17.3. The van der Waals surface area contributed by atoms with Gasteiger partial charge < -0.3 is 20.4 Å².